The Morgan fingerprint density at radius 3 is 2.95 bits per heavy atom. The smallest absolute Gasteiger partial charge is 0.131 e. The molecule has 1 heterocycles. The van der Waals surface area contributed by atoms with E-state index in [1.807, 2.05) is 24.3 Å². The molecule has 0 fully saturated rings. The number of benzene rings is 1. The van der Waals surface area contributed by atoms with E-state index >= 15 is 0 Å². The molecular weight excluding hydrogens is 280 g/mol. The van der Waals surface area contributed by atoms with E-state index in [0.29, 0.717) is 12.6 Å². The van der Waals surface area contributed by atoms with E-state index in [2.05, 4.69) is 42.2 Å². The molecule has 2 rings (SSSR count). The Balaban J connectivity index is 1.92. The number of para-hydroxylation sites is 1. The van der Waals surface area contributed by atoms with Gasteiger partial charge in [0, 0.05) is 18.0 Å². The number of hydrogen-bond acceptors (Lipinski definition) is 4. The van der Waals surface area contributed by atoms with Crippen LogP contribution < -0.4 is 10.1 Å². The standard InChI is InChI=1S/C17H22N2OS/c1-4-7-14-8-5-6-9-16(14)20-11-15-12-21-17(19-15)10-18-13(2)3/h4-6,8-9,12-13,18H,1,7,10-11H2,2-3H3. The molecule has 1 aromatic heterocycles. The van der Waals surface area contributed by atoms with Crippen molar-refractivity contribution in [2.75, 3.05) is 0 Å². The highest BCUT2D eigenvalue weighted by Crippen LogP contribution is 2.20. The zero-order valence-corrected chi connectivity index (χ0v) is 13.5. The monoisotopic (exact) mass is 302 g/mol. The molecule has 0 unspecified atom stereocenters. The van der Waals surface area contributed by atoms with Gasteiger partial charge in [0.2, 0.25) is 0 Å². The summed E-state index contributed by atoms with van der Waals surface area (Å²) in [5, 5.41) is 6.53. The summed E-state index contributed by atoms with van der Waals surface area (Å²) in [6.45, 7) is 9.37. The first-order chi connectivity index (χ1) is 10.2. The summed E-state index contributed by atoms with van der Waals surface area (Å²) in [5.41, 5.74) is 2.14. The summed E-state index contributed by atoms with van der Waals surface area (Å²) in [6.07, 6.45) is 2.71. The van der Waals surface area contributed by atoms with E-state index in [0.717, 1.165) is 35.0 Å². The lowest BCUT2D eigenvalue weighted by atomic mass is 10.1. The van der Waals surface area contributed by atoms with E-state index in [1.54, 1.807) is 11.3 Å². The first kappa shape index (κ1) is 15.7. The second-order valence-corrected chi connectivity index (χ2v) is 6.10. The van der Waals surface area contributed by atoms with Crippen LogP contribution in [0.2, 0.25) is 0 Å². The Morgan fingerprint density at radius 1 is 1.38 bits per heavy atom. The van der Waals surface area contributed by atoms with Crippen molar-refractivity contribution in [2.24, 2.45) is 0 Å². The van der Waals surface area contributed by atoms with E-state index in [4.69, 9.17) is 4.74 Å². The van der Waals surface area contributed by atoms with Gasteiger partial charge < -0.3 is 10.1 Å². The number of aromatic nitrogens is 1. The summed E-state index contributed by atoms with van der Waals surface area (Å²) in [7, 11) is 0. The molecule has 1 N–H and O–H groups in total. The summed E-state index contributed by atoms with van der Waals surface area (Å²) < 4.78 is 5.89. The summed E-state index contributed by atoms with van der Waals surface area (Å²) in [4.78, 5) is 4.58. The molecule has 4 heteroatoms. The largest absolute Gasteiger partial charge is 0.487 e. The lowest BCUT2D eigenvalue weighted by molar-refractivity contribution is 0.299. The highest BCUT2D eigenvalue weighted by atomic mass is 32.1. The van der Waals surface area contributed by atoms with Gasteiger partial charge in [0.1, 0.15) is 17.4 Å². The summed E-state index contributed by atoms with van der Waals surface area (Å²) >= 11 is 1.67. The first-order valence-electron chi connectivity index (χ1n) is 7.17. The molecule has 2 aromatic rings. The molecule has 112 valence electrons. The van der Waals surface area contributed by atoms with Gasteiger partial charge in [-0.2, -0.15) is 0 Å². The molecule has 0 spiro atoms. The van der Waals surface area contributed by atoms with Crippen molar-refractivity contribution in [1.29, 1.82) is 0 Å². The van der Waals surface area contributed by atoms with Crippen molar-refractivity contribution in [2.45, 2.75) is 39.5 Å². The molecule has 21 heavy (non-hydrogen) atoms. The minimum atomic E-state index is 0.472. The van der Waals surface area contributed by atoms with Crippen LogP contribution in [0.1, 0.15) is 30.1 Å². The predicted molar refractivity (Wildman–Crippen MR) is 88.8 cm³/mol. The number of allylic oxidation sites excluding steroid dienone is 1. The van der Waals surface area contributed by atoms with E-state index < -0.39 is 0 Å². The zero-order valence-electron chi connectivity index (χ0n) is 12.6. The fraction of sp³-hybridized carbons (Fsp3) is 0.353. The van der Waals surface area contributed by atoms with Crippen molar-refractivity contribution in [1.82, 2.24) is 10.3 Å². The molecule has 0 atom stereocenters. The van der Waals surface area contributed by atoms with Crippen molar-refractivity contribution >= 4 is 11.3 Å². The molecule has 0 saturated heterocycles. The fourth-order valence-electron chi connectivity index (χ4n) is 1.91. The predicted octanol–water partition coefficient (Wildman–Crippen LogP) is 3.95. The van der Waals surface area contributed by atoms with Gasteiger partial charge in [0.05, 0.1) is 5.69 Å². The van der Waals surface area contributed by atoms with Crippen LogP contribution in [-0.4, -0.2) is 11.0 Å². The maximum Gasteiger partial charge on any atom is 0.131 e. The lowest BCUT2D eigenvalue weighted by Crippen LogP contribution is -2.21. The maximum atomic E-state index is 5.89. The maximum absolute atomic E-state index is 5.89. The van der Waals surface area contributed by atoms with Crippen LogP contribution in [0, 0.1) is 0 Å². The quantitative estimate of drug-likeness (QED) is 0.750. The molecular formula is C17H22N2OS. The molecule has 0 radical (unpaired) electrons. The number of hydrogen-bond donors (Lipinski definition) is 1. The number of ether oxygens (including phenoxy) is 1. The topological polar surface area (TPSA) is 34.1 Å². The van der Waals surface area contributed by atoms with E-state index in [9.17, 15) is 0 Å². The normalized spacial score (nSPS) is 10.8. The summed E-state index contributed by atoms with van der Waals surface area (Å²) in [5.74, 6) is 0.909. The Bertz CT molecular complexity index is 578. The third-order valence-electron chi connectivity index (χ3n) is 2.97. The molecule has 0 amide bonds. The van der Waals surface area contributed by atoms with Gasteiger partial charge in [0.25, 0.3) is 0 Å². The number of nitrogens with one attached hydrogen (secondary N) is 1. The molecule has 0 aliphatic carbocycles. The number of nitrogens with zero attached hydrogens (tertiary/aromatic N) is 1. The van der Waals surface area contributed by atoms with Gasteiger partial charge >= 0.3 is 0 Å². The van der Waals surface area contributed by atoms with E-state index in [-0.39, 0.29) is 0 Å². The third kappa shape index (κ3) is 4.99. The van der Waals surface area contributed by atoms with Crippen molar-refractivity contribution in [3.8, 4) is 5.75 Å². The Hall–Kier alpha value is -1.65. The third-order valence-corrected chi connectivity index (χ3v) is 3.87. The fourth-order valence-corrected chi connectivity index (χ4v) is 2.64. The SMILES string of the molecule is C=CCc1ccccc1OCc1csc(CNC(C)C)n1. The van der Waals surface area contributed by atoms with Crippen LogP contribution >= 0.6 is 11.3 Å². The molecule has 0 aliphatic heterocycles. The van der Waals surface area contributed by atoms with Gasteiger partial charge in [-0.25, -0.2) is 4.98 Å². The minimum absolute atomic E-state index is 0.472. The first-order valence-corrected chi connectivity index (χ1v) is 8.05. The van der Waals surface area contributed by atoms with Crippen LogP contribution in [0.25, 0.3) is 0 Å². The van der Waals surface area contributed by atoms with Crippen LogP contribution in [0.5, 0.6) is 5.75 Å². The number of thiazole rings is 1. The molecule has 0 bridgehead atoms. The lowest BCUT2D eigenvalue weighted by Gasteiger charge is -2.09. The van der Waals surface area contributed by atoms with Crippen LogP contribution in [0.4, 0.5) is 0 Å². The van der Waals surface area contributed by atoms with Crippen molar-refractivity contribution in [3.05, 3.63) is 58.6 Å². The van der Waals surface area contributed by atoms with Gasteiger partial charge in [-0.15, -0.1) is 17.9 Å². The molecule has 0 aliphatic rings. The highest BCUT2D eigenvalue weighted by molar-refractivity contribution is 7.09. The molecule has 0 saturated carbocycles. The van der Waals surface area contributed by atoms with Gasteiger partial charge in [-0.3, -0.25) is 0 Å². The van der Waals surface area contributed by atoms with Crippen LogP contribution in [0.15, 0.2) is 42.3 Å². The van der Waals surface area contributed by atoms with Crippen molar-refractivity contribution in [3.63, 3.8) is 0 Å². The molecule has 1 aromatic carbocycles. The van der Waals surface area contributed by atoms with Crippen LogP contribution in [0.3, 0.4) is 0 Å². The second-order valence-electron chi connectivity index (χ2n) is 5.16. The zero-order chi connectivity index (χ0) is 15.1. The van der Waals surface area contributed by atoms with Crippen molar-refractivity contribution < 1.29 is 4.74 Å². The van der Waals surface area contributed by atoms with Gasteiger partial charge in [0.15, 0.2) is 0 Å². The number of rotatable bonds is 8. The van der Waals surface area contributed by atoms with Crippen LogP contribution in [-0.2, 0) is 19.6 Å². The Kier molecular flexibility index (Phi) is 5.96. The average molecular weight is 302 g/mol. The highest BCUT2D eigenvalue weighted by Gasteiger charge is 2.06. The van der Waals surface area contributed by atoms with Gasteiger partial charge in [-0.05, 0) is 18.1 Å². The Labute approximate surface area is 130 Å². The Morgan fingerprint density at radius 2 is 2.19 bits per heavy atom. The average Bonchev–Trinajstić information content (AvgIpc) is 2.92. The van der Waals surface area contributed by atoms with Gasteiger partial charge in [-0.1, -0.05) is 38.1 Å². The minimum Gasteiger partial charge on any atom is -0.487 e. The van der Waals surface area contributed by atoms with E-state index in [1.165, 1.54) is 0 Å². The molecule has 3 nitrogen and oxygen atoms in total. The second kappa shape index (κ2) is 7.96. The summed E-state index contributed by atoms with van der Waals surface area (Å²) in [6, 6.07) is 8.53.